The minimum Gasteiger partial charge on any atom is -0.394 e. The Balaban J connectivity index is 1.89. The zero-order valence-corrected chi connectivity index (χ0v) is 13.6. The van der Waals surface area contributed by atoms with Gasteiger partial charge in [-0.2, -0.15) is 0 Å². The number of nitrogens with zero attached hydrogens (tertiary/aromatic N) is 1. The van der Waals surface area contributed by atoms with Gasteiger partial charge in [-0.25, -0.2) is 0 Å². The molecule has 1 unspecified atom stereocenters. The topological polar surface area (TPSA) is 52.6 Å². The van der Waals surface area contributed by atoms with Gasteiger partial charge < -0.3 is 10.4 Å². The molecule has 1 saturated carbocycles. The molecule has 21 heavy (non-hydrogen) atoms. The van der Waals surface area contributed by atoms with Crippen LogP contribution in [-0.2, 0) is 4.79 Å². The first-order valence-corrected chi connectivity index (χ1v) is 8.85. The molecule has 2 fully saturated rings. The van der Waals surface area contributed by atoms with Gasteiger partial charge in [-0.3, -0.25) is 9.69 Å². The maximum atomic E-state index is 12.5. The summed E-state index contributed by atoms with van der Waals surface area (Å²) in [4.78, 5) is 14.8. The van der Waals surface area contributed by atoms with Gasteiger partial charge in [-0.1, -0.05) is 39.0 Å². The summed E-state index contributed by atoms with van der Waals surface area (Å²) in [6, 6.07) is 0.559. The lowest BCUT2D eigenvalue weighted by atomic mass is 9.91. The third kappa shape index (κ3) is 4.68. The van der Waals surface area contributed by atoms with Gasteiger partial charge in [0.05, 0.1) is 18.7 Å². The van der Waals surface area contributed by atoms with E-state index in [4.69, 9.17) is 0 Å². The van der Waals surface area contributed by atoms with Gasteiger partial charge in [-0.05, 0) is 38.6 Å². The predicted octanol–water partition coefficient (Wildman–Crippen LogP) is 2.45. The number of nitrogens with one attached hydrogen (secondary N) is 1. The number of amides is 1. The molecule has 4 heteroatoms. The highest BCUT2D eigenvalue weighted by Crippen LogP contribution is 2.27. The van der Waals surface area contributed by atoms with Crippen LogP contribution in [0.4, 0.5) is 0 Å². The summed E-state index contributed by atoms with van der Waals surface area (Å²) in [6.45, 7) is 3.83. The average molecular weight is 296 g/mol. The molecule has 0 radical (unpaired) electrons. The highest BCUT2D eigenvalue weighted by atomic mass is 16.3. The Morgan fingerprint density at radius 2 is 1.90 bits per heavy atom. The van der Waals surface area contributed by atoms with Crippen LogP contribution in [0.3, 0.4) is 0 Å². The smallest absolute Gasteiger partial charge is 0.234 e. The number of hydrogen-bond acceptors (Lipinski definition) is 3. The molecule has 0 bridgehead atoms. The zero-order valence-electron chi connectivity index (χ0n) is 13.6. The van der Waals surface area contributed by atoms with Crippen molar-refractivity contribution >= 4 is 5.91 Å². The van der Waals surface area contributed by atoms with E-state index in [2.05, 4.69) is 17.1 Å². The van der Waals surface area contributed by atoms with Gasteiger partial charge in [0.15, 0.2) is 0 Å². The van der Waals surface area contributed by atoms with Gasteiger partial charge in [0.1, 0.15) is 0 Å². The summed E-state index contributed by atoms with van der Waals surface area (Å²) in [5, 5.41) is 13.0. The van der Waals surface area contributed by atoms with Gasteiger partial charge in [0.25, 0.3) is 0 Å². The number of aliphatic hydroxyl groups excluding tert-OH is 1. The van der Waals surface area contributed by atoms with Crippen molar-refractivity contribution in [2.75, 3.05) is 19.7 Å². The molecular weight excluding hydrogens is 264 g/mol. The third-order valence-electron chi connectivity index (χ3n) is 5.33. The lowest BCUT2D eigenvalue weighted by molar-refractivity contribution is -0.126. The van der Waals surface area contributed by atoms with Crippen LogP contribution in [-0.4, -0.2) is 47.2 Å². The molecule has 1 aliphatic carbocycles. The van der Waals surface area contributed by atoms with Crippen LogP contribution in [0.1, 0.15) is 71.1 Å². The van der Waals surface area contributed by atoms with E-state index >= 15 is 0 Å². The van der Waals surface area contributed by atoms with Crippen molar-refractivity contribution in [3.63, 3.8) is 0 Å². The van der Waals surface area contributed by atoms with Crippen LogP contribution in [0.15, 0.2) is 0 Å². The van der Waals surface area contributed by atoms with Crippen LogP contribution in [0.25, 0.3) is 0 Å². The maximum Gasteiger partial charge on any atom is 0.234 e. The summed E-state index contributed by atoms with van der Waals surface area (Å²) in [6.07, 6.45) is 11.4. The standard InChI is InChI=1S/C17H32N2O2/c1-2-15-9-5-8-12-19(15)13-16(21)18-17(14-20)10-6-3-4-7-11-17/h15,20H,2-14H2,1H3,(H,18,21). The second-order valence-electron chi connectivity index (χ2n) is 6.93. The Morgan fingerprint density at radius 3 is 2.52 bits per heavy atom. The van der Waals surface area contributed by atoms with E-state index in [1.165, 1.54) is 32.1 Å². The molecule has 0 aromatic heterocycles. The molecule has 1 heterocycles. The lowest BCUT2D eigenvalue weighted by Crippen LogP contribution is -2.55. The number of carbonyl (C=O) groups excluding carboxylic acids is 1. The molecule has 1 aliphatic heterocycles. The molecule has 4 nitrogen and oxygen atoms in total. The summed E-state index contributed by atoms with van der Waals surface area (Å²) >= 11 is 0. The molecule has 2 aliphatic rings. The van der Waals surface area contributed by atoms with Crippen molar-refractivity contribution in [1.82, 2.24) is 10.2 Å². The average Bonchev–Trinajstić information content (AvgIpc) is 2.74. The van der Waals surface area contributed by atoms with Gasteiger partial charge >= 0.3 is 0 Å². The lowest BCUT2D eigenvalue weighted by Gasteiger charge is -2.37. The minimum absolute atomic E-state index is 0.0793. The molecule has 1 atom stereocenters. The van der Waals surface area contributed by atoms with Crippen LogP contribution in [0.5, 0.6) is 0 Å². The number of piperidine rings is 1. The normalized spacial score (nSPS) is 27.0. The fraction of sp³-hybridized carbons (Fsp3) is 0.941. The second kappa shape index (κ2) is 8.14. The SMILES string of the molecule is CCC1CCCCN1CC(=O)NC1(CO)CCCCCC1. The fourth-order valence-electron chi connectivity index (χ4n) is 3.98. The number of hydrogen-bond donors (Lipinski definition) is 2. The summed E-state index contributed by atoms with van der Waals surface area (Å²) in [5.41, 5.74) is -0.356. The quantitative estimate of drug-likeness (QED) is 0.766. The van der Waals surface area contributed by atoms with Crippen molar-refractivity contribution in [1.29, 1.82) is 0 Å². The first-order chi connectivity index (χ1) is 10.2. The molecule has 0 aromatic rings. The third-order valence-corrected chi connectivity index (χ3v) is 5.33. The first kappa shape index (κ1) is 16.8. The van der Waals surface area contributed by atoms with Crippen LogP contribution in [0, 0.1) is 0 Å². The number of aliphatic hydroxyl groups is 1. The molecule has 0 aromatic carbocycles. The molecular formula is C17H32N2O2. The maximum absolute atomic E-state index is 12.5. The van der Waals surface area contributed by atoms with Gasteiger partial charge in [0, 0.05) is 6.04 Å². The van der Waals surface area contributed by atoms with E-state index < -0.39 is 0 Å². The summed E-state index contributed by atoms with van der Waals surface area (Å²) in [5.74, 6) is 0.103. The Hall–Kier alpha value is -0.610. The van der Waals surface area contributed by atoms with Crippen LogP contribution in [0.2, 0.25) is 0 Å². The fourth-order valence-corrected chi connectivity index (χ4v) is 3.98. The highest BCUT2D eigenvalue weighted by molar-refractivity contribution is 5.79. The monoisotopic (exact) mass is 296 g/mol. The minimum atomic E-state index is -0.356. The van der Waals surface area contributed by atoms with Crippen molar-refractivity contribution < 1.29 is 9.90 Å². The van der Waals surface area contributed by atoms with E-state index in [9.17, 15) is 9.90 Å². The number of rotatable bonds is 5. The Kier molecular flexibility index (Phi) is 6.49. The highest BCUT2D eigenvalue weighted by Gasteiger charge is 2.33. The zero-order chi connectivity index (χ0) is 15.1. The molecule has 0 spiro atoms. The van der Waals surface area contributed by atoms with Crippen molar-refractivity contribution in [2.24, 2.45) is 0 Å². The van der Waals surface area contributed by atoms with Gasteiger partial charge in [-0.15, -0.1) is 0 Å². The number of likely N-dealkylation sites (tertiary alicyclic amines) is 1. The van der Waals surface area contributed by atoms with Crippen molar-refractivity contribution in [3.05, 3.63) is 0 Å². The summed E-state index contributed by atoms with van der Waals surface area (Å²) in [7, 11) is 0. The number of carbonyl (C=O) groups is 1. The van der Waals surface area contributed by atoms with E-state index in [-0.39, 0.29) is 18.1 Å². The molecule has 1 amide bonds. The van der Waals surface area contributed by atoms with Gasteiger partial charge in [0.2, 0.25) is 5.91 Å². The molecule has 122 valence electrons. The van der Waals surface area contributed by atoms with E-state index in [1.54, 1.807) is 0 Å². The van der Waals surface area contributed by atoms with Crippen LogP contribution >= 0.6 is 0 Å². The van der Waals surface area contributed by atoms with Crippen LogP contribution < -0.4 is 5.32 Å². The van der Waals surface area contributed by atoms with E-state index in [0.717, 1.165) is 38.6 Å². The second-order valence-corrected chi connectivity index (χ2v) is 6.93. The molecule has 2 rings (SSSR count). The van der Waals surface area contributed by atoms with Crippen molar-refractivity contribution in [3.8, 4) is 0 Å². The predicted molar refractivity (Wildman–Crippen MR) is 85.2 cm³/mol. The molecule has 2 N–H and O–H groups in total. The van der Waals surface area contributed by atoms with E-state index in [1.807, 2.05) is 0 Å². The molecule has 1 saturated heterocycles. The Morgan fingerprint density at radius 1 is 1.19 bits per heavy atom. The Bertz CT molecular complexity index is 325. The Labute approximate surface area is 129 Å². The summed E-state index contributed by atoms with van der Waals surface area (Å²) < 4.78 is 0. The largest absolute Gasteiger partial charge is 0.394 e. The van der Waals surface area contributed by atoms with Crippen molar-refractivity contribution in [2.45, 2.75) is 82.7 Å². The first-order valence-electron chi connectivity index (χ1n) is 8.85. The van der Waals surface area contributed by atoms with E-state index in [0.29, 0.717) is 12.6 Å².